The van der Waals surface area contributed by atoms with Gasteiger partial charge in [0.1, 0.15) is 5.75 Å². The quantitative estimate of drug-likeness (QED) is 0.838. The zero-order chi connectivity index (χ0) is 13.1. The molecule has 1 heterocycles. The number of hydrogen-bond acceptors (Lipinski definition) is 3. The number of hydrogen-bond donors (Lipinski definition) is 0. The fraction of sp³-hybridized carbons (Fsp3) is 0.571. The first-order valence-corrected chi connectivity index (χ1v) is 6.80. The largest absolute Gasteiger partial charge is 0.492 e. The molecule has 1 fully saturated rings. The third kappa shape index (κ3) is 2.97. The van der Waals surface area contributed by atoms with Crippen molar-refractivity contribution in [1.29, 1.82) is 0 Å². The zero-order valence-electron chi connectivity index (χ0n) is 11.3. The van der Waals surface area contributed by atoms with Gasteiger partial charge in [0.25, 0.3) is 0 Å². The smallest absolute Gasteiger partial charge is 0.137 e. The first-order valence-electron chi connectivity index (χ1n) is 6.43. The Morgan fingerprint density at radius 1 is 1.33 bits per heavy atom. The second kappa shape index (κ2) is 5.91. The van der Waals surface area contributed by atoms with Crippen LogP contribution in [0.15, 0.2) is 18.2 Å². The number of rotatable bonds is 3. The van der Waals surface area contributed by atoms with Crippen LogP contribution in [0, 0.1) is 0 Å². The van der Waals surface area contributed by atoms with E-state index in [0.717, 1.165) is 25.4 Å². The van der Waals surface area contributed by atoms with Crippen LogP contribution in [-0.4, -0.2) is 50.1 Å². The normalized spacial score (nSPS) is 22.1. The van der Waals surface area contributed by atoms with Crippen LogP contribution in [0.25, 0.3) is 0 Å². The van der Waals surface area contributed by atoms with Gasteiger partial charge in [-0.2, -0.15) is 0 Å². The summed E-state index contributed by atoms with van der Waals surface area (Å²) in [4.78, 5) is 4.74. The molecule has 0 aliphatic carbocycles. The summed E-state index contributed by atoms with van der Waals surface area (Å²) in [5.74, 6) is 0.773. The molecule has 0 aromatic heterocycles. The minimum atomic E-state index is 0.414. The summed E-state index contributed by atoms with van der Waals surface area (Å²) in [7, 11) is 4.33. The summed E-state index contributed by atoms with van der Waals surface area (Å²) < 4.78 is 5.47. The van der Waals surface area contributed by atoms with Gasteiger partial charge < -0.3 is 9.64 Å². The van der Waals surface area contributed by atoms with Crippen LogP contribution < -0.4 is 4.74 Å². The van der Waals surface area contributed by atoms with E-state index in [1.165, 1.54) is 5.56 Å². The highest BCUT2D eigenvalue weighted by atomic mass is 35.5. The maximum atomic E-state index is 6.25. The van der Waals surface area contributed by atoms with Crippen LogP contribution in [0.5, 0.6) is 5.75 Å². The van der Waals surface area contributed by atoms with E-state index in [0.29, 0.717) is 17.7 Å². The van der Waals surface area contributed by atoms with E-state index in [4.69, 9.17) is 16.3 Å². The molecule has 1 saturated heterocycles. The third-order valence-corrected chi connectivity index (χ3v) is 3.79. The molecule has 0 N–H and O–H groups in total. The molecule has 0 amide bonds. The van der Waals surface area contributed by atoms with Crippen LogP contribution >= 0.6 is 11.6 Å². The molecule has 0 radical (unpaired) electrons. The Morgan fingerprint density at radius 3 is 2.78 bits per heavy atom. The Bertz CT molecular complexity index is 411. The van der Waals surface area contributed by atoms with Crippen molar-refractivity contribution in [1.82, 2.24) is 9.80 Å². The van der Waals surface area contributed by atoms with Crippen LogP contribution in [0.3, 0.4) is 0 Å². The summed E-state index contributed by atoms with van der Waals surface area (Å²) >= 11 is 6.25. The molecule has 1 aromatic carbocycles. The number of likely N-dealkylation sites (N-methyl/N-ethyl adjacent to an activating group) is 2. The van der Waals surface area contributed by atoms with Crippen molar-refractivity contribution >= 4 is 11.6 Å². The molecule has 2 rings (SSSR count). The second-order valence-corrected chi connectivity index (χ2v) is 5.29. The van der Waals surface area contributed by atoms with Gasteiger partial charge in [-0.05, 0) is 38.7 Å². The van der Waals surface area contributed by atoms with Crippen molar-refractivity contribution in [3.63, 3.8) is 0 Å². The highest BCUT2D eigenvalue weighted by Gasteiger charge is 2.24. The molecule has 18 heavy (non-hydrogen) atoms. The van der Waals surface area contributed by atoms with E-state index in [1.807, 2.05) is 19.1 Å². The Hall–Kier alpha value is -0.770. The van der Waals surface area contributed by atoms with Crippen LogP contribution in [-0.2, 0) is 0 Å². The highest BCUT2D eigenvalue weighted by Crippen LogP contribution is 2.31. The van der Waals surface area contributed by atoms with Crippen molar-refractivity contribution in [2.75, 3.05) is 40.3 Å². The summed E-state index contributed by atoms with van der Waals surface area (Å²) in [5.41, 5.74) is 1.26. The molecule has 0 spiro atoms. The highest BCUT2D eigenvalue weighted by molar-refractivity contribution is 6.32. The number of piperazine rings is 1. The van der Waals surface area contributed by atoms with Crippen molar-refractivity contribution in [3.8, 4) is 5.75 Å². The Morgan fingerprint density at radius 2 is 2.11 bits per heavy atom. The molecule has 1 unspecified atom stereocenters. The number of nitrogens with zero attached hydrogens (tertiary/aromatic N) is 2. The lowest BCUT2D eigenvalue weighted by atomic mass is 10.0. The number of ether oxygens (including phenoxy) is 1. The van der Waals surface area contributed by atoms with E-state index < -0.39 is 0 Å². The van der Waals surface area contributed by atoms with E-state index in [1.54, 1.807) is 0 Å². The number of benzene rings is 1. The molecule has 1 aliphatic heterocycles. The molecule has 1 atom stereocenters. The topological polar surface area (TPSA) is 15.7 Å². The third-order valence-electron chi connectivity index (χ3n) is 3.49. The fourth-order valence-corrected chi connectivity index (χ4v) is 2.61. The molecule has 1 aromatic rings. The molecular formula is C14H21ClN2O. The van der Waals surface area contributed by atoms with Gasteiger partial charge in [0.2, 0.25) is 0 Å². The van der Waals surface area contributed by atoms with Crippen molar-refractivity contribution in [2.45, 2.75) is 13.0 Å². The van der Waals surface area contributed by atoms with Crippen LogP contribution in [0.2, 0.25) is 5.02 Å². The van der Waals surface area contributed by atoms with Gasteiger partial charge in [0, 0.05) is 25.7 Å². The van der Waals surface area contributed by atoms with Crippen LogP contribution in [0.1, 0.15) is 18.5 Å². The maximum absolute atomic E-state index is 6.25. The van der Waals surface area contributed by atoms with Gasteiger partial charge in [0.15, 0.2) is 0 Å². The lowest BCUT2D eigenvalue weighted by Gasteiger charge is -2.38. The molecule has 1 aliphatic rings. The van der Waals surface area contributed by atoms with Gasteiger partial charge in [-0.1, -0.05) is 17.7 Å². The van der Waals surface area contributed by atoms with Gasteiger partial charge in [-0.3, -0.25) is 4.90 Å². The average Bonchev–Trinajstić information content (AvgIpc) is 2.35. The number of halogens is 1. The van der Waals surface area contributed by atoms with Gasteiger partial charge in [-0.15, -0.1) is 0 Å². The van der Waals surface area contributed by atoms with E-state index in [9.17, 15) is 0 Å². The van der Waals surface area contributed by atoms with Crippen LogP contribution in [0.4, 0.5) is 0 Å². The zero-order valence-corrected chi connectivity index (χ0v) is 12.1. The van der Waals surface area contributed by atoms with Crippen molar-refractivity contribution in [2.24, 2.45) is 0 Å². The fourth-order valence-electron chi connectivity index (χ4n) is 2.37. The van der Waals surface area contributed by atoms with Crippen molar-refractivity contribution < 1.29 is 4.74 Å². The van der Waals surface area contributed by atoms with Crippen molar-refractivity contribution in [3.05, 3.63) is 28.8 Å². The van der Waals surface area contributed by atoms with E-state index >= 15 is 0 Å². The van der Waals surface area contributed by atoms with Gasteiger partial charge in [-0.25, -0.2) is 0 Å². The standard InChI is InChI=1S/C14H21ClN2O/c1-4-18-14-6-5-11(9-12(14)15)13-10-16(2)7-8-17(13)3/h5-6,9,13H,4,7-8,10H2,1-3H3. The minimum absolute atomic E-state index is 0.414. The lowest BCUT2D eigenvalue weighted by Crippen LogP contribution is -2.44. The summed E-state index contributed by atoms with van der Waals surface area (Å²) in [6.45, 7) is 5.86. The summed E-state index contributed by atoms with van der Waals surface area (Å²) in [6, 6.07) is 6.55. The lowest BCUT2D eigenvalue weighted by molar-refractivity contribution is 0.115. The van der Waals surface area contributed by atoms with Gasteiger partial charge in [0.05, 0.1) is 11.6 Å². The van der Waals surface area contributed by atoms with E-state index in [2.05, 4.69) is 30.0 Å². The SMILES string of the molecule is CCOc1ccc(C2CN(C)CCN2C)cc1Cl. The second-order valence-electron chi connectivity index (χ2n) is 4.88. The molecule has 100 valence electrons. The summed E-state index contributed by atoms with van der Waals surface area (Å²) in [6.07, 6.45) is 0. The Kier molecular flexibility index (Phi) is 4.49. The van der Waals surface area contributed by atoms with Gasteiger partial charge >= 0.3 is 0 Å². The van der Waals surface area contributed by atoms with E-state index in [-0.39, 0.29) is 0 Å². The molecule has 4 heteroatoms. The predicted molar refractivity (Wildman–Crippen MR) is 75.5 cm³/mol. The maximum Gasteiger partial charge on any atom is 0.137 e. The average molecular weight is 269 g/mol. The first-order chi connectivity index (χ1) is 8.61. The molecule has 3 nitrogen and oxygen atoms in total. The molecular weight excluding hydrogens is 248 g/mol. The first kappa shape index (κ1) is 13.7. The monoisotopic (exact) mass is 268 g/mol. The Balaban J connectivity index is 2.19. The predicted octanol–water partition coefficient (Wildman–Crippen LogP) is 2.66. The summed E-state index contributed by atoms with van der Waals surface area (Å²) in [5, 5.41) is 0.705. The Labute approximate surface area is 114 Å². The molecule has 0 bridgehead atoms. The minimum Gasteiger partial charge on any atom is -0.492 e. The molecule has 0 saturated carbocycles.